The lowest BCUT2D eigenvalue weighted by atomic mass is 9.93. The van der Waals surface area contributed by atoms with Crippen LogP contribution in [0.5, 0.6) is 0 Å². The maximum absolute atomic E-state index is 12.2. The number of amides is 1. The number of β-amino-alcohol motifs (C(OH)–C–C–N with tert-alkyl or cyclic N) is 1. The number of piperidine rings is 1. The number of rotatable bonds is 5. The zero-order valence-corrected chi connectivity index (χ0v) is 14.5. The molecular weight excluding hydrogens is 322 g/mol. The molecule has 0 bridgehead atoms. The van der Waals surface area contributed by atoms with Gasteiger partial charge in [-0.05, 0) is 24.8 Å². The quantitative estimate of drug-likeness (QED) is 0.843. The SMILES string of the molecule is CC(C)c1cc(C(=O)NC[C@@]2(O)CCCN(c3ncccn3)C2)on1. The van der Waals surface area contributed by atoms with Gasteiger partial charge in [-0.2, -0.15) is 0 Å². The van der Waals surface area contributed by atoms with Crippen molar-refractivity contribution in [2.45, 2.75) is 38.2 Å². The Labute approximate surface area is 146 Å². The molecule has 8 nitrogen and oxygen atoms in total. The van der Waals surface area contributed by atoms with Crippen LogP contribution in [-0.2, 0) is 0 Å². The van der Waals surface area contributed by atoms with Gasteiger partial charge in [-0.1, -0.05) is 19.0 Å². The topological polar surface area (TPSA) is 104 Å². The molecule has 2 aromatic rings. The molecule has 25 heavy (non-hydrogen) atoms. The van der Waals surface area contributed by atoms with Gasteiger partial charge in [0.05, 0.1) is 17.8 Å². The van der Waals surface area contributed by atoms with Gasteiger partial charge < -0.3 is 19.8 Å². The fourth-order valence-corrected chi connectivity index (χ4v) is 2.88. The Balaban J connectivity index is 1.60. The molecule has 1 atom stereocenters. The Morgan fingerprint density at radius 1 is 1.44 bits per heavy atom. The second-order valence-electron chi connectivity index (χ2n) is 6.75. The molecule has 0 saturated carbocycles. The normalized spacial score (nSPS) is 20.7. The highest BCUT2D eigenvalue weighted by molar-refractivity contribution is 5.91. The first-order chi connectivity index (χ1) is 12.0. The smallest absolute Gasteiger partial charge is 0.290 e. The second-order valence-corrected chi connectivity index (χ2v) is 6.75. The molecule has 3 heterocycles. The summed E-state index contributed by atoms with van der Waals surface area (Å²) in [5.41, 5.74) is -0.303. The zero-order valence-electron chi connectivity index (χ0n) is 14.5. The highest BCUT2D eigenvalue weighted by atomic mass is 16.5. The largest absolute Gasteiger partial charge is 0.386 e. The number of nitrogens with zero attached hydrogens (tertiary/aromatic N) is 4. The van der Waals surface area contributed by atoms with Crippen molar-refractivity contribution in [3.8, 4) is 0 Å². The minimum atomic E-state index is -1.03. The summed E-state index contributed by atoms with van der Waals surface area (Å²) in [5.74, 6) is 0.559. The van der Waals surface area contributed by atoms with Crippen LogP contribution < -0.4 is 10.2 Å². The Morgan fingerprint density at radius 3 is 2.88 bits per heavy atom. The van der Waals surface area contributed by atoms with Crippen LogP contribution in [0, 0.1) is 0 Å². The van der Waals surface area contributed by atoms with E-state index >= 15 is 0 Å². The van der Waals surface area contributed by atoms with Gasteiger partial charge in [-0.25, -0.2) is 9.97 Å². The van der Waals surface area contributed by atoms with E-state index in [0.717, 1.165) is 18.7 Å². The summed E-state index contributed by atoms with van der Waals surface area (Å²) >= 11 is 0. The van der Waals surface area contributed by atoms with E-state index in [1.165, 1.54) is 0 Å². The van der Waals surface area contributed by atoms with E-state index in [4.69, 9.17) is 4.52 Å². The molecule has 0 radical (unpaired) electrons. The first-order valence-corrected chi connectivity index (χ1v) is 8.46. The Hall–Kier alpha value is -2.48. The average molecular weight is 345 g/mol. The van der Waals surface area contributed by atoms with Crippen molar-refractivity contribution in [2.24, 2.45) is 0 Å². The minimum Gasteiger partial charge on any atom is -0.386 e. The maximum Gasteiger partial charge on any atom is 0.290 e. The molecule has 1 saturated heterocycles. The fraction of sp³-hybridized carbons (Fsp3) is 0.529. The number of carbonyl (C=O) groups excluding carboxylic acids is 1. The van der Waals surface area contributed by atoms with Crippen molar-refractivity contribution < 1.29 is 14.4 Å². The van der Waals surface area contributed by atoms with Crippen LogP contribution in [0.4, 0.5) is 5.95 Å². The zero-order chi connectivity index (χ0) is 17.9. The summed E-state index contributed by atoms with van der Waals surface area (Å²) in [5, 5.41) is 17.5. The van der Waals surface area contributed by atoms with E-state index < -0.39 is 5.60 Å². The minimum absolute atomic E-state index is 0.132. The number of nitrogens with one attached hydrogen (secondary N) is 1. The second kappa shape index (κ2) is 7.18. The predicted molar refractivity (Wildman–Crippen MR) is 91.4 cm³/mol. The first kappa shape index (κ1) is 17.3. The summed E-state index contributed by atoms with van der Waals surface area (Å²) < 4.78 is 5.08. The average Bonchev–Trinajstić information content (AvgIpc) is 3.11. The number of anilines is 1. The molecule has 0 spiro atoms. The third-order valence-electron chi connectivity index (χ3n) is 4.31. The Kier molecular flexibility index (Phi) is 4.98. The van der Waals surface area contributed by atoms with Gasteiger partial charge in [0, 0.05) is 31.5 Å². The van der Waals surface area contributed by atoms with E-state index in [2.05, 4.69) is 20.4 Å². The van der Waals surface area contributed by atoms with E-state index in [1.807, 2.05) is 18.7 Å². The van der Waals surface area contributed by atoms with Crippen LogP contribution in [0.3, 0.4) is 0 Å². The van der Waals surface area contributed by atoms with Gasteiger partial charge in [0.25, 0.3) is 5.91 Å². The lowest BCUT2D eigenvalue weighted by Crippen LogP contribution is -2.54. The third kappa shape index (κ3) is 4.14. The standard InChI is InChI=1S/C17H23N5O3/c1-12(2)13-9-14(25-21-13)15(23)20-10-17(24)5-3-8-22(11-17)16-18-6-4-7-19-16/h4,6-7,9,12,24H,3,5,8,10-11H2,1-2H3,(H,20,23)/t17-/m0/s1. The monoisotopic (exact) mass is 345 g/mol. The molecule has 1 fully saturated rings. The summed E-state index contributed by atoms with van der Waals surface area (Å²) in [6.07, 6.45) is 4.75. The number of carbonyl (C=O) groups is 1. The summed E-state index contributed by atoms with van der Waals surface area (Å²) in [7, 11) is 0. The molecular formula is C17H23N5O3. The maximum atomic E-state index is 12.2. The predicted octanol–water partition coefficient (Wildman–Crippen LogP) is 1.35. The molecule has 0 unspecified atom stereocenters. The highest BCUT2D eigenvalue weighted by Crippen LogP contribution is 2.23. The van der Waals surface area contributed by atoms with Crippen LogP contribution >= 0.6 is 0 Å². The number of aromatic nitrogens is 3. The molecule has 8 heteroatoms. The van der Waals surface area contributed by atoms with E-state index in [9.17, 15) is 9.90 Å². The van der Waals surface area contributed by atoms with E-state index in [1.54, 1.807) is 24.5 Å². The van der Waals surface area contributed by atoms with Gasteiger partial charge >= 0.3 is 0 Å². The highest BCUT2D eigenvalue weighted by Gasteiger charge is 2.35. The third-order valence-corrected chi connectivity index (χ3v) is 4.31. The van der Waals surface area contributed by atoms with Gasteiger partial charge in [0.1, 0.15) is 0 Å². The molecule has 0 aromatic carbocycles. The molecule has 1 aliphatic rings. The van der Waals surface area contributed by atoms with Crippen LogP contribution in [0.1, 0.15) is 48.9 Å². The summed E-state index contributed by atoms with van der Waals surface area (Å²) in [6, 6.07) is 3.39. The van der Waals surface area contributed by atoms with Crippen LogP contribution in [0.2, 0.25) is 0 Å². The summed E-state index contributed by atoms with van der Waals surface area (Å²) in [6.45, 7) is 5.23. The molecule has 134 valence electrons. The first-order valence-electron chi connectivity index (χ1n) is 8.46. The van der Waals surface area contributed by atoms with Crippen molar-refractivity contribution >= 4 is 11.9 Å². The molecule has 3 rings (SSSR count). The lowest BCUT2D eigenvalue weighted by Gasteiger charge is -2.39. The summed E-state index contributed by atoms with van der Waals surface area (Å²) in [4.78, 5) is 22.6. The van der Waals surface area contributed by atoms with Gasteiger partial charge in [-0.15, -0.1) is 0 Å². The number of aliphatic hydroxyl groups is 1. The molecule has 1 aliphatic heterocycles. The van der Waals surface area contributed by atoms with Gasteiger partial charge in [0.2, 0.25) is 11.7 Å². The van der Waals surface area contributed by atoms with E-state index in [-0.39, 0.29) is 24.1 Å². The van der Waals surface area contributed by atoms with Crippen LogP contribution in [0.15, 0.2) is 29.0 Å². The van der Waals surface area contributed by atoms with Crippen molar-refractivity contribution in [2.75, 3.05) is 24.5 Å². The van der Waals surface area contributed by atoms with Crippen LogP contribution in [0.25, 0.3) is 0 Å². The molecule has 1 amide bonds. The van der Waals surface area contributed by atoms with Crippen molar-refractivity contribution in [3.05, 3.63) is 36.0 Å². The molecule has 2 aromatic heterocycles. The van der Waals surface area contributed by atoms with Crippen molar-refractivity contribution in [1.29, 1.82) is 0 Å². The van der Waals surface area contributed by atoms with Crippen LogP contribution in [-0.4, -0.2) is 51.4 Å². The van der Waals surface area contributed by atoms with E-state index in [0.29, 0.717) is 18.9 Å². The molecule has 0 aliphatic carbocycles. The van der Waals surface area contributed by atoms with Crippen molar-refractivity contribution in [1.82, 2.24) is 20.4 Å². The molecule has 2 N–H and O–H groups in total. The number of hydrogen-bond donors (Lipinski definition) is 2. The Bertz CT molecular complexity index is 718. The Morgan fingerprint density at radius 2 is 2.20 bits per heavy atom. The van der Waals surface area contributed by atoms with Gasteiger partial charge in [-0.3, -0.25) is 4.79 Å². The lowest BCUT2D eigenvalue weighted by molar-refractivity contribution is 0.0248. The number of hydrogen-bond acceptors (Lipinski definition) is 7. The fourth-order valence-electron chi connectivity index (χ4n) is 2.88. The van der Waals surface area contributed by atoms with Gasteiger partial charge in [0.15, 0.2) is 0 Å². The van der Waals surface area contributed by atoms with Crippen molar-refractivity contribution in [3.63, 3.8) is 0 Å².